The van der Waals surface area contributed by atoms with E-state index < -0.39 is 11.5 Å². The molecule has 2 N–H and O–H groups in total. The minimum absolute atomic E-state index is 0.162. The molecule has 0 bridgehead atoms. The highest BCUT2D eigenvalue weighted by atomic mass is 16.5. The molecule has 0 spiro atoms. The van der Waals surface area contributed by atoms with Gasteiger partial charge in [0.2, 0.25) is 5.91 Å². The number of carboxylic acid groups (broad SMARTS) is 1. The van der Waals surface area contributed by atoms with Crippen LogP contribution in [0.1, 0.15) is 44.7 Å². The number of amides is 1. The van der Waals surface area contributed by atoms with Gasteiger partial charge in [-0.3, -0.25) is 9.59 Å². The Balaban J connectivity index is 2.53. The van der Waals surface area contributed by atoms with Crippen LogP contribution in [0.25, 0.3) is 0 Å². The minimum atomic E-state index is -0.962. The zero-order valence-electron chi connectivity index (χ0n) is 15.1. The SMILES string of the molecule is COCC(C)(CC(=O)O)NC(=O)CCc1ccc(CC(C)C)cc1. The first-order chi connectivity index (χ1) is 11.2. The molecule has 1 rings (SSSR count). The average Bonchev–Trinajstić information content (AvgIpc) is 2.45. The van der Waals surface area contributed by atoms with Crippen LogP contribution in [0.3, 0.4) is 0 Å². The third kappa shape index (κ3) is 7.59. The second-order valence-electron chi connectivity index (χ2n) is 7.03. The number of carbonyl (C=O) groups is 2. The van der Waals surface area contributed by atoms with E-state index in [1.807, 2.05) is 0 Å². The number of aryl methyl sites for hydroxylation is 1. The summed E-state index contributed by atoms with van der Waals surface area (Å²) < 4.78 is 5.04. The summed E-state index contributed by atoms with van der Waals surface area (Å²) in [4.78, 5) is 23.1. The first kappa shape index (κ1) is 20.2. The lowest BCUT2D eigenvalue weighted by molar-refractivity contribution is -0.139. The first-order valence-corrected chi connectivity index (χ1v) is 8.33. The molecule has 0 fully saturated rings. The van der Waals surface area contributed by atoms with Crippen molar-refractivity contribution in [3.05, 3.63) is 35.4 Å². The van der Waals surface area contributed by atoms with Crippen LogP contribution in [0.2, 0.25) is 0 Å². The molecule has 134 valence electrons. The van der Waals surface area contributed by atoms with E-state index >= 15 is 0 Å². The van der Waals surface area contributed by atoms with Gasteiger partial charge in [0, 0.05) is 13.5 Å². The summed E-state index contributed by atoms with van der Waals surface area (Å²) in [5.74, 6) is -0.507. The Labute approximate surface area is 144 Å². The standard InChI is InChI=1S/C19H29NO4/c1-14(2)11-16-7-5-15(6-8-16)9-10-17(21)20-19(3,13-24-4)12-18(22)23/h5-8,14H,9-13H2,1-4H3,(H,20,21)(H,22,23). The summed E-state index contributed by atoms with van der Waals surface area (Å²) in [6, 6.07) is 8.31. The molecule has 1 aromatic carbocycles. The van der Waals surface area contributed by atoms with Crippen LogP contribution in [0, 0.1) is 5.92 Å². The van der Waals surface area contributed by atoms with Gasteiger partial charge in [-0.15, -0.1) is 0 Å². The predicted molar refractivity (Wildman–Crippen MR) is 94.0 cm³/mol. The number of benzene rings is 1. The fourth-order valence-electron chi connectivity index (χ4n) is 2.75. The molecule has 0 saturated heterocycles. The molecule has 0 aromatic heterocycles. The minimum Gasteiger partial charge on any atom is -0.481 e. The van der Waals surface area contributed by atoms with Crippen molar-refractivity contribution in [2.24, 2.45) is 5.92 Å². The number of hydrogen-bond donors (Lipinski definition) is 2. The predicted octanol–water partition coefficient (Wildman–Crippen LogP) is 2.81. The zero-order valence-corrected chi connectivity index (χ0v) is 15.1. The van der Waals surface area contributed by atoms with E-state index in [1.165, 1.54) is 12.7 Å². The number of aliphatic carboxylic acids is 1. The maximum Gasteiger partial charge on any atom is 0.305 e. The number of carboxylic acids is 1. The third-order valence-electron chi connectivity index (χ3n) is 3.75. The van der Waals surface area contributed by atoms with E-state index in [-0.39, 0.29) is 18.9 Å². The van der Waals surface area contributed by atoms with Crippen LogP contribution in [-0.2, 0) is 27.2 Å². The van der Waals surface area contributed by atoms with Crippen LogP contribution in [0.15, 0.2) is 24.3 Å². The van der Waals surface area contributed by atoms with Crippen LogP contribution in [0.5, 0.6) is 0 Å². The second kappa shape index (κ2) is 9.42. The fourth-order valence-corrected chi connectivity index (χ4v) is 2.75. The summed E-state index contributed by atoms with van der Waals surface area (Å²) in [5, 5.41) is 11.8. The molecule has 1 unspecified atom stereocenters. The molecule has 1 atom stereocenters. The van der Waals surface area contributed by atoms with E-state index in [9.17, 15) is 9.59 Å². The molecule has 0 saturated carbocycles. The Hall–Kier alpha value is -1.88. The van der Waals surface area contributed by atoms with Crippen LogP contribution in [-0.4, -0.2) is 36.2 Å². The van der Waals surface area contributed by atoms with E-state index in [0.29, 0.717) is 18.8 Å². The Kier molecular flexibility index (Phi) is 7.92. The van der Waals surface area contributed by atoms with E-state index in [1.54, 1.807) is 6.92 Å². The number of carbonyl (C=O) groups excluding carboxylic acids is 1. The van der Waals surface area contributed by atoms with Crippen molar-refractivity contribution in [3.8, 4) is 0 Å². The van der Waals surface area contributed by atoms with Gasteiger partial charge in [-0.05, 0) is 36.8 Å². The maximum absolute atomic E-state index is 12.1. The number of hydrogen-bond acceptors (Lipinski definition) is 3. The van der Waals surface area contributed by atoms with Gasteiger partial charge in [-0.2, -0.15) is 0 Å². The summed E-state index contributed by atoms with van der Waals surface area (Å²) in [6.07, 6.45) is 1.83. The van der Waals surface area contributed by atoms with E-state index in [4.69, 9.17) is 9.84 Å². The van der Waals surface area contributed by atoms with Crippen molar-refractivity contribution < 1.29 is 19.4 Å². The van der Waals surface area contributed by atoms with Gasteiger partial charge >= 0.3 is 5.97 Å². The van der Waals surface area contributed by atoms with Crippen LogP contribution < -0.4 is 5.32 Å². The third-order valence-corrected chi connectivity index (χ3v) is 3.75. The van der Waals surface area contributed by atoms with Crippen molar-refractivity contribution in [3.63, 3.8) is 0 Å². The molecule has 24 heavy (non-hydrogen) atoms. The molecule has 0 aliphatic rings. The van der Waals surface area contributed by atoms with Gasteiger partial charge < -0.3 is 15.2 Å². The second-order valence-corrected chi connectivity index (χ2v) is 7.03. The lowest BCUT2D eigenvalue weighted by Crippen LogP contribution is -2.50. The summed E-state index contributed by atoms with van der Waals surface area (Å²) in [5.41, 5.74) is 1.51. The molecule has 1 amide bonds. The Morgan fingerprint density at radius 2 is 1.79 bits per heavy atom. The normalized spacial score (nSPS) is 13.5. The lowest BCUT2D eigenvalue weighted by atomic mass is 9.98. The number of methoxy groups -OCH3 is 1. The van der Waals surface area contributed by atoms with Crippen molar-refractivity contribution >= 4 is 11.9 Å². The quantitative estimate of drug-likeness (QED) is 0.689. The monoisotopic (exact) mass is 335 g/mol. The van der Waals surface area contributed by atoms with Gasteiger partial charge in [0.15, 0.2) is 0 Å². The van der Waals surface area contributed by atoms with Crippen LogP contribution in [0.4, 0.5) is 0 Å². The van der Waals surface area contributed by atoms with Gasteiger partial charge in [0.25, 0.3) is 0 Å². The van der Waals surface area contributed by atoms with Crippen molar-refractivity contribution in [2.75, 3.05) is 13.7 Å². The number of ether oxygens (including phenoxy) is 1. The highest BCUT2D eigenvalue weighted by Crippen LogP contribution is 2.13. The highest BCUT2D eigenvalue weighted by Gasteiger charge is 2.29. The molecule has 0 aliphatic carbocycles. The molecule has 1 aromatic rings. The first-order valence-electron chi connectivity index (χ1n) is 8.33. The van der Waals surface area contributed by atoms with E-state index in [2.05, 4.69) is 43.4 Å². The van der Waals surface area contributed by atoms with Crippen molar-refractivity contribution in [1.82, 2.24) is 5.32 Å². The van der Waals surface area contributed by atoms with Gasteiger partial charge in [-0.1, -0.05) is 38.1 Å². The number of rotatable bonds is 10. The molecule has 0 radical (unpaired) electrons. The van der Waals surface area contributed by atoms with Crippen molar-refractivity contribution in [2.45, 2.75) is 52.0 Å². The molecule has 5 heteroatoms. The molecule has 5 nitrogen and oxygen atoms in total. The highest BCUT2D eigenvalue weighted by molar-refractivity contribution is 5.78. The average molecular weight is 335 g/mol. The Morgan fingerprint density at radius 1 is 1.21 bits per heavy atom. The fraction of sp³-hybridized carbons (Fsp3) is 0.579. The molecule has 0 heterocycles. The maximum atomic E-state index is 12.1. The van der Waals surface area contributed by atoms with Crippen molar-refractivity contribution in [1.29, 1.82) is 0 Å². The van der Waals surface area contributed by atoms with Crippen LogP contribution >= 0.6 is 0 Å². The van der Waals surface area contributed by atoms with Gasteiger partial charge in [0.1, 0.15) is 0 Å². The Morgan fingerprint density at radius 3 is 2.29 bits per heavy atom. The van der Waals surface area contributed by atoms with Gasteiger partial charge in [0.05, 0.1) is 18.6 Å². The largest absolute Gasteiger partial charge is 0.481 e. The smallest absolute Gasteiger partial charge is 0.305 e. The topological polar surface area (TPSA) is 75.6 Å². The summed E-state index contributed by atoms with van der Waals surface area (Å²) in [7, 11) is 1.49. The van der Waals surface area contributed by atoms with Gasteiger partial charge in [-0.25, -0.2) is 0 Å². The Bertz CT molecular complexity index is 539. The van der Waals surface area contributed by atoms with E-state index in [0.717, 1.165) is 12.0 Å². The summed E-state index contributed by atoms with van der Waals surface area (Å²) >= 11 is 0. The molecular formula is C19H29NO4. The lowest BCUT2D eigenvalue weighted by Gasteiger charge is -2.28. The molecule has 0 aliphatic heterocycles. The summed E-state index contributed by atoms with van der Waals surface area (Å²) in [6.45, 7) is 6.22. The number of nitrogens with one attached hydrogen (secondary N) is 1. The molecular weight excluding hydrogens is 306 g/mol. The zero-order chi connectivity index (χ0) is 18.2.